The number of rotatable bonds is 18. The summed E-state index contributed by atoms with van der Waals surface area (Å²) in [5.74, 6) is -5.76. The Morgan fingerprint density at radius 2 is 0.963 bits per heavy atom. The molecule has 0 aromatic rings. The Balaban J connectivity index is 6.66. The Morgan fingerprint density at radius 3 is 1.39 bits per heavy atom. The van der Waals surface area contributed by atoms with E-state index in [-0.39, 0.29) is 17.9 Å². The van der Waals surface area contributed by atoms with Crippen LogP contribution >= 0.6 is 0 Å². The standard InChI is InChI=1S/C44H76O10/c1-20-27(2)21-28(3)22-29(4)23-30(5)24-31(6)25-33(37(46)51-41(8,9)10)26-32(7)36(45)50-35(40(49)54-44(17,18)19)34(38(47)52-42(11,12)13)39(48)53-43(14,15)16/h24-25,27-30,32,34-35H,20-23,26H2,1-19H3. The van der Waals surface area contributed by atoms with Crippen molar-refractivity contribution >= 4 is 29.8 Å². The predicted molar refractivity (Wildman–Crippen MR) is 213 cm³/mol. The fourth-order valence-corrected chi connectivity index (χ4v) is 6.09. The fourth-order valence-electron chi connectivity index (χ4n) is 6.09. The number of ether oxygens (including phenoxy) is 5. The van der Waals surface area contributed by atoms with Crippen LogP contribution in [0.2, 0.25) is 0 Å². The molecule has 10 heteroatoms. The van der Waals surface area contributed by atoms with Gasteiger partial charge in [0.2, 0.25) is 12.0 Å². The van der Waals surface area contributed by atoms with Gasteiger partial charge >= 0.3 is 29.8 Å². The molecule has 0 amide bonds. The van der Waals surface area contributed by atoms with Crippen LogP contribution in [0.5, 0.6) is 0 Å². The Morgan fingerprint density at radius 1 is 0.556 bits per heavy atom. The van der Waals surface area contributed by atoms with E-state index in [0.717, 1.165) is 18.4 Å². The van der Waals surface area contributed by atoms with E-state index in [0.29, 0.717) is 17.8 Å². The summed E-state index contributed by atoms with van der Waals surface area (Å²) in [6, 6.07) is 0. The molecule has 0 N–H and O–H groups in total. The van der Waals surface area contributed by atoms with Crippen LogP contribution in [0.1, 0.15) is 164 Å². The fraction of sp³-hybridized carbons (Fsp3) is 0.795. The van der Waals surface area contributed by atoms with Gasteiger partial charge in [0.05, 0.1) is 5.92 Å². The first-order valence-corrected chi connectivity index (χ1v) is 19.7. The lowest BCUT2D eigenvalue weighted by molar-refractivity contribution is -0.196. The average Bonchev–Trinajstić information content (AvgIpc) is 2.91. The normalized spacial score (nSPS) is 16.7. The van der Waals surface area contributed by atoms with Crippen LogP contribution in [0.4, 0.5) is 0 Å². The molecule has 0 aliphatic carbocycles. The van der Waals surface area contributed by atoms with Crippen LogP contribution in [-0.4, -0.2) is 58.4 Å². The zero-order valence-corrected chi connectivity index (χ0v) is 37.3. The topological polar surface area (TPSA) is 132 Å². The van der Waals surface area contributed by atoms with Crippen LogP contribution in [0.15, 0.2) is 23.3 Å². The lowest BCUT2D eigenvalue weighted by atomic mass is 9.84. The molecule has 0 fully saturated rings. The van der Waals surface area contributed by atoms with E-state index in [1.54, 1.807) is 89.2 Å². The van der Waals surface area contributed by atoms with Crippen molar-refractivity contribution in [1.82, 2.24) is 0 Å². The minimum absolute atomic E-state index is 0.110. The van der Waals surface area contributed by atoms with E-state index in [4.69, 9.17) is 23.7 Å². The first-order valence-electron chi connectivity index (χ1n) is 19.7. The lowest BCUT2D eigenvalue weighted by Gasteiger charge is -2.31. The summed E-state index contributed by atoms with van der Waals surface area (Å²) in [7, 11) is 0. The smallest absolute Gasteiger partial charge is 0.349 e. The largest absolute Gasteiger partial charge is 0.459 e. The summed E-state index contributed by atoms with van der Waals surface area (Å²) in [5.41, 5.74) is -2.89. The predicted octanol–water partition coefficient (Wildman–Crippen LogP) is 9.90. The maximum Gasteiger partial charge on any atom is 0.349 e. The third-order valence-electron chi connectivity index (χ3n) is 8.13. The zero-order chi connectivity index (χ0) is 42.6. The maximum atomic E-state index is 13.8. The van der Waals surface area contributed by atoms with Gasteiger partial charge in [0.1, 0.15) is 22.4 Å². The first kappa shape index (κ1) is 50.8. The average molecular weight is 765 g/mol. The van der Waals surface area contributed by atoms with E-state index in [1.807, 2.05) is 6.92 Å². The number of carbonyl (C=O) groups is 5. The monoisotopic (exact) mass is 765 g/mol. The lowest BCUT2D eigenvalue weighted by Crippen LogP contribution is -2.49. The van der Waals surface area contributed by atoms with Crippen molar-refractivity contribution in [3.63, 3.8) is 0 Å². The minimum Gasteiger partial charge on any atom is -0.459 e. The third kappa shape index (κ3) is 22.3. The number of allylic oxidation sites excluding steroid dienone is 3. The number of carbonyl (C=O) groups excluding carboxylic acids is 5. The summed E-state index contributed by atoms with van der Waals surface area (Å²) in [4.78, 5) is 68.0. The van der Waals surface area contributed by atoms with Gasteiger partial charge in [-0.2, -0.15) is 0 Å². The molecule has 54 heavy (non-hydrogen) atoms. The Bertz CT molecular complexity index is 1280. The number of esters is 5. The Kier molecular flexibility index (Phi) is 20.0. The van der Waals surface area contributed by atoms with Crippen molar-refractivity contribution < 1.29 is 47.7 Å². The molecule has 0 rings (SSSR count). The van der Waals surface area contributed by atoms with Gasteiger partial charge in [-0.05, 0) is 145 Å². The molecular weight excluding hydrogens is 688 g/mol. The summed E-state index contributed by atoms with van der Waals surface area (Å²) in [5, 5.41) is 0. The highest BCUT2D eigenvalue weighted by atomic mass is 16.6. The van der Waals surface area contributed by atoms with Gasteiger partial charge in [-0.25, -0.2) is 9.59 Å². The molecule has 312 valence electrons. The third-order valence-corrected chi connectivity index (χ3v) is 8.13. The van der Waals surface area contributed by atoms with Crippen molar-refractivity contribution in [3.05, 3.63) is 23.3 Å². The Labute approximate surface area is 327 Å². The zero-order valence-electron chi connectivity index (χ0n) is 37.3. The first-order chi connectivity index (χ1) is 24.2. The van der Waals surface area contributed by atoms with Gasteiger partial charge in [-0.15, -0.1) is 0 Å². The van der Waals surface area contributed by atoms with Crippen LogP contribution in [0.3, 0.4) is 0 Å². The summed E-state index contributed by atoms with van der Waals surface area (Å²) >= 11 is 0. The maximum absolute atomic E-state index is 13.8. The molecular formula is C44H76O10. The molecule has 0 bridgehead atoms. The number of hydrogen-bond donors (Lipinski definition) is 0. The second-order valence-electron chi connectivity index (χ2n) is 19.5. The van der Waals surface area contributed by atoms with Crippen molar-refractivity contribution in [1.29, 1.82) is 0 Å². The second kappa shape index (κ2) is 21.2. The minimum atomic E-state index is -2.03. The molecule has 0 radical (unpaired) electrons. The highest BCUT2D eigenvalue weighted by Crippen LogP contribution is 2.28. The van der Waals surface area contributed by atoms with Gasteiger partial charge in [0.25, 0.3) is 0 Å². The van der Waals surface area contributed by atoms with Crippen molar-refractivity contribution in [3.8, 4) is 0 Å². The van der Waals surface area contributed by atoms with Gasteiger partial charge in [0.15, 0.2) is 0 Å². The van der Waals surface area contributed by atoms with E-state index in [1.165, 1.54) is 19.8 Å². The van der Waals surface area contributed by atoms with E-state index < -0.39 is 70.2 Å². The van der Waals surface area contributed by atoms with Crippen LogP contribution in [-0.2, 0) is 47.7 Å². The summed E-state index contributed by atoms with van der Waals surface area (Å²) in [6.45, 7) is 34.4. The van der Waals surface area contributed by atoms with Gasteiger partial charge in [-0.1, -0.05) is 59.6 Å². The second-order valence-corrected chi connectivity index (χ2v) is 19.5. The van der Waals surface area contributed by atoms with Gasteiger partial charge in [0, 0.05) is 5.57 Å². The van der Waals surface area contributed by atoms with Gasteiger partial charge in [-0.3, -0.25) is 14.4 Å². The van der Waals surface area contributed by atoms with Gasteiger partial charge < -0.3 is 23.7 Å². The summed E-state index contributed by atoms with van der Waals surface area (Å²) < 4.78 is 28.0. The van der Waals surface area contributed by atoms with Crippen molar-refractivity contribution in [2.24, 2.45) is 35.5 Å². The Hall–Kier alpha value is -3.17. The molecule has 0 aliphatic heterocycles. The molecule has 0 aromatic carbocycles. The number of hydrogen-bond acceptors (Lipinski definition) is 10. The van der Waals surface area contributed by atoms with Crippen LogP contribution < -0.4 is 0 Å². The van der Waals surface area contributed by atoms with Crippen molar-refractivity contribution in [2.45, 2.75) is 192 Å². The molecule has 6 unspecified atom stereocenters. The molecule has 0 saturated carbocycles. The van der Waals surface area contributed by atoms with Crippen LogP contribution in [0, 0.1) is 35.5 Å². The SMILES string of the molecule is CCC(C)CC(C)CC(C)CC(C)C=C(C)C=C(CC(C)C(=O)OC(C(=O)OC(C)(C)C)C(C(=O)OC(C)(C)C)C(=O)OC(C)(C)C)C(=O)OC(C)(C)C. The van der Waals surface area contributed by atoms with Crippen LogP contribution in [0.25, 0.3) is 0 Å². The van der Waals surface area contributed by atoms with Crippen molar-refractivity contribution in [2.75, 3.05) is 0 Å². The molecule has 0 saturated heterocycles. The highest BCUT2D eigenvalue weighted by molar-refractivity contribution is 6.01. The van der Waals surface area contributed by atoms with E-state index in [2.05, 4.69) is 40.7 Å². The molecule has 0 heterocycles. The molecule has 6 atom stereocenters. The molecule has 0 aromatic heterocycles. The van der Waals surface area contributed by atoms with E-state index >= 15 is 0 Å². The highest BCUT2D eigenvalue weighted by Gasteiger charge is 2.49. The summed E-state index contributed by atoms with van der Waals surface area (Å²) in [6.07, 6.45) is 6.23. The molecule has 10 nitrogen and oxygen atoms in total. The quantitative estimate of drug-likeness (QED) is 0.0437. The van der Waals surface area contributed by atoms with E-state index in [9.17, 15) is 24.0 Å². The molecule has 0 aliphatic rings. The molecule has 0 spiro atoms.